The number of aryl methyl sites for hydroxylation is 1. The van der Waals surface area contributed by atoms with E-state index in [2.05, 4.69) is 15.9 Å². The number of benzene rings is 1. The molecule has 0 aliphatic carbocycles. The quantitative estimate of drug-likeness (QED) is 0.738. The lowest BCUT2D eigenvalue weighted by molar-refractivity contribution is 0.387. The number of alkyl halides is 1. The molecule has 1 aromatic heterocycles. The van der Waals surface area contributed by atoms with E-state index in [9.17, 15) is 4.48 Å². The highest BCUT2D eigenvalue weighted by Gasteiger charge is 2.06. The summed E-state index contributed by atoms with van der Waals surface area (Å²) in [6.07, 6.45) is 3.53. The molecule has 0 bridgehead atoms. The summed E-state index contributed by atoms with van der Waals surface area (Å²) >= 11 is 3.38. The summed E-state index contributed by atoms with van der Waals surface area (Å²) in [5, 5.41) is 1.98. The van der Waals surface area contributed by atoms with Gasteiger partial charge in [0.15, 0.2) is 0 Å². The average Bonchev–Trinajstić information content (AvgIpc) is 2.54. The molecule has 0 radical (unpaired) electrons. The minimum atomic E-state index is 0.664. The van der Waals surface area contributed by atoms with E-state index >= 15 is 0 Å². The molecular formula is C11H11BrFN. The van der Waals surface area contributed by atoms with Crippen LogP contribution in [0, 0.1) is 0 Å². The minimum absolute atomic E-state index is 0.664. The molecule has 1 aromatic carbocycles. The van der Waals surface area contributed by atoms with Gasteiger partial charge in [0.1, 0.15) is 0 Å². The molecule has 0 aliphatic heterocycles. The number of fused-ring (bicyclic) bond motifs is 1. The Morgan fingerprint density at radius 1 is 1.29 bits per heavy atom. The minimum Gasteiger partial charge on any atom is -0.186 e. The predicted molar refractivity (Wildman–Crippen MR) is 60.6 cm³/mol. The first kappa shape index (κ1) is 9.71. The fourth-order valence-corrected chi connectivity index (χ4v) is 1.94. The Hall–Kier alpha value is -0.830. The van der Waals surface area contributed by atoms with Crippen molar-refractivity contribution in [3.8, 4) is 0 Å². The van der Waals surface area contributed by atoms with Crippen LogP contribution in [0.3, 0.4) is 0 Å². The maximum atomic E-state index is 13.3. The second-order valence-electron chi connectivity index (χ2n) is 3.28. The Morgan fingerprint density at radius 3 is 2.86 bits per heavy atom. The highest BCUT2D eigenvalue weighted by Crippen LogP contribution is 2.22. The van der Waals surface area contributed by atoms with Gasteiger partial charge >= 0.3 is 0 Å². The number of nitrogens with zero attached hydrogens (tertiary/aromatic N) is 1. The maximum absolute atomic E-state index is 13.3. The van der Waals surface area contributed by atoms with Gasteiger partial charge in [0, 0.05) is 16.9 Å². The van der Waals surface area contributed by atoms with Crippen LogP contribution in [-0.4, -0.2) is 10.1 Å². The molecule has 0 saturated heterocycles. The highest BCUT2D eigenvalue weighted by molar-refractivity contribution is 9.09. The molecular weight excluding hydrogens is 245 g/mol. The van der Waals surface area contributed by atoms with Gasteiger partial charge in [-0.15, -0.1) is 0 Å². The fraction of sp³-hybridized carbons (Fsp3) is 0.273. The molecule has 1 heterocycles. The standard InChI is InChI=1S/C11H11BrFN/c12-7-3-4-9-8-14(13)11-6-2-1-5-10(9)11/h1-2,5-6,8H,3-4,7H2. The number of para-hydroxylation sites is 1. The van der Waals surface area contributed by atoms with Crippen molar-refractivity contribution >= 4 is 26.8 Å². The Kier molecular flexibility index (Phi) is 2.87. The largest absolute Gasteiger partial charge is 0.186 e. The lowest BCUT2D eigenvalue weighted by Crippen LogP contribution is -1.83. The zero-order chi connectivity index (χ0) is 9.97. The van der Waals surface area contributed by atoms with E-state index in [-0.39, 0.29) is 0 Å². The second kappa shape index (κ2) is 4.13. The molecule has 0 atom stereocenters. The molecule has 0 fully saturated rings. The van der Waals surface area contributed by atoms with E-state index < -0.39 is 0 Å². The molecule has 1 nitrogen and oxygen atoms in total. The van der Waals surface area contributed by atoms with Gasteiger partial charge in [0.05, 0.1) is 5.52 Å². The number of halogens is 2. The van der Waals surface area contributed by atoms with Gasteiger partial charge in [0.25, 0.3) is 0 Å². The monoisotopic (exact) mass is 255 g/mol. The van der Waals surface area contributed by atoms with E-state index in [0.29, 0.717) is 10.3 Å². The molecule has 0 unspecified atom stereocenters. The van der Waals surface area contributed by atoms with Crippen molar-refractivity contribution in [2.24, 2.45) is 0 Å². The first-order valence-electron chi connectivity index (χ1n) is 4.64. The molecule has 0 saturated carbocycles. The van der Waals surface area contributed by atoms with Gasteiger partial charge < -0.3 is 0 Å². The molecule has 0 amide bonds. The number of hydrogen-bond donors (Lipinski definition) is 0. The third kappa shape index (κ3) is 1.69. The third-order valence-electron chi connectivity index (χ3n) is 2.33. The van der Waals surface area contributed by atoms with Crippen molar-refractivity contribution in [1.29, 1.82) is 0 Å². The maximum Gasteiger partial charge on any atom is 0.0815 e. The van der Waals surface area contributed by atoms with E-state index in [1.165, 1.54) is 0 Å². The summed E-state index contributed by atoms with van der Waals surface area (Å²) in [5.74, 6) is 0. The molecule has 0 aliphatic rings. The Labute approximate surface area is 90.6 Å². The van der Waals surface area contributed by atoms with Gasteiger partial charge in [-0.2, -0.15) is 4.79 Å². The SMILES string of the molecule is Fn1cc(CCCBr)c2ccccc21. The first-order valence-corrected chi connectivity index (χ1v) is 5.76. The fourth-order valence-electron chi connectivity index (χ4n) is 1.66. The van der Waals surface area contributed by atoms with Crippen molar-refractivity contribution in [3.05, 3.63) is 36.0 Å². The molecule has 3 heteroatoms. The van der Waals surface area contributed by atoms with Crippen LogP contribution in [0.2, 0.25) is 0 Å². The van der Waals surface area contributed by atoms with Gasteiger partial charge in [-0.25, -0.2) is 0 Å². The van der Waals surface area contributed by atoms with Crippen molar-refractivity contribution in [2.75, 3.05) is 5.33 Å². The number of rotatable bonds is 3. The summed E-state index contributed by atoms with van der Waals surface area (Å²) in [7, 11) is 0. The van der Waals surface area contributed by atoms with E-state index in [0.717, 1.165) is 29.1 Å². The Bertz CT molecular complexity index is 436. The lowest BCUT2D eigenvalue weighted by Gasteiger charge is -1.95. The van der Waals surface area contributed by atoms with Crippen LogP contribution in [0.25, 0.3) is 10.9 Å². The predicted octanol–water partition coefficient (Wildman–Crippen LogP) is 3.70. The van der Waals surface area contributed by atoms with Gasteiger partial charge in [0.2, 0.25) is 0 Å². The van der Waals surface area contributed by atoms with E-state index in [1.54, 1.807) is 12.3 Å². The summed E-state index contributed by atoms with van der Waals surface area (Å²) in [6, 6.07) is 7.56. The second-order valence-corrected chi connectivity index (χ2v) is 4.07. The zero-order valence-corrected chi connectivity index (χ0v) is 9.30. The van der Waals surface area contributed by atoms with Crippen LogP contribution in [0.5, 0.6) is 0 Å². The smallest absolute Gasteiger partial charge is 0.0815 e. The number of hydrogen-bond acceptors (Lipinski definition) is 0. The van der Waals surface area contributed by atoms with Crippen molar-refractivity contribution < 1.29 is 4.48 Å². The molecule has 0 N–H and O–H groups in total. The molecule has 14 heavy (non-hydrogen) atoms. The summed E-state index contributed by atoms with van der Waals surface area (Å²) < 4.78 is 13.3. The van der Waals surface area contributed by atoms with E-state index in [4.69, 9.17) is 0 Å². The van der Waals surface area contributed by atoms with Crippen LogP contribution in [0.1, 0.15) is 12.0 Å². The zero-order valence-electron chi connectivity index (χ0n) is 7.71. The Morgan fingerprint density at radius 2 is 2.07 bits per heavy atom. The Balaban J connectivity index is 2.44. The lowest BCUT2D eigenvalue weighted by atomic mass is 10.1. The highest BCUT2D eigenvalue weighted by atomic mass is 79.9. The van der Waals surface area contributed by atoms with Crippen LogP contribution >= 0.6 is 15.9 Å². The van der Waals surface area contributed by atoms with Gasteiger partial charge in [-0.05, 0) is 24.5 Å². The van der Waals surface area contributed by atoms with Crippen molar-refractivity contribution in [1.82, 2.24) is 4.79 Å². The molecule has 2 aromatic rings. The third-order valence-corrected chi connectivity index (χ3v) is 2.89. The van der Waals surface area contributed by atoms with Crippen molar-refractivity contribution in [2.45, 2.75) is 12.8 Å². The topological polar surface area (TPSA) is 4.93 Å². The number of aromatic nitrogens is 1. The van der Waals surface area contributed by atoms with Crippen LogP contribution < -0.4 is 0 Å². The first-order chi connectivity index (χ1) is 6.83. The summed E-state index contributed by atoms with van der Waals surface area (Å²) in [6.45, 7) is 0. The van der Waals surface area contributed by atoms with E-state index in [1.807, 2.05) is 18.2 Å². The molecule has 0 spiro atoms. The average molecular weight is 256 g/mol. The molecule has 74 valence electrons. The summed E-state index contributed by atoms with van der Waals surface area (Å²) in [5.41, 5.74) is 1.75. The van der Waals surface area contributed by atoms with Gasteiger partial charge in [-0.1, -0.05) is 38.6 Å². The van der Waals surface area contributed by atoms with Crippen molar-refractivity contribution in [3.63, 3.8) is 0 Å². The van der Waals surface area contributed by atoms with Gasteiger partial charge in [-0.3, -0.25) is 0 Å². The summed E-state index contributed by atoms with van der Waals surface area (Å²) in [4.78, 5) is 0.707. The van der Waals surface area contributed by atoms with Crippen LogP contribution in [0.4, 0.5) is 4.48 Å². The van der Waals surface area contributed by atoms with Crippen LogP contribution in [0.15, 0.2) is 30.5 Å². The van der Waals surface area contributed by atoms with Crippen LogP contribution in [-0.2, 0) is 6.42 Å². The normalized spacial score (nSPS) is 11.0. The molecule has 2 rings (SSSR count).